The number of oxime groups is 1. The molecule has 0 bridgehead atoms. The van der Waals surface area contributed by atoms with Gasteiger partial charge in [-0.25, -0.2) is 0 Å². The number of ether oxygens (including phenoxy) is 1. The molecule has 6 heteroatoms. The van der Waals surface area contributed by atoms with E-state index < -0.39 is 0 Å². The fourth-order valence-electron chi connectivity index (χ4n) is 1.83. The summed E-state index contributed by atoms with van der Waals surface area (Å²) in [4.78, 5) is 14.6. The summed E-state index contributed by atoms with van der Waals surface area (Å²) in [6.07, 6.45) is 1.27. The van der Waals surface area contributed by atoms with Gasteiger partial charge in [0.25, 0.3) is 5.91 Å². The maximum atomic E-state index is 12.2. The Bertz CT molecular complexity index is 432. The molecule has 1 amide bonds. The molecule has 1 aromatic rings. The summed E-state index contributed by atoms with van der Waals surface area (Å²) in [7, 11) is 1.56. The predicted octanol–water partition coefficient (Wildman–Crippen LogP) is 1.82. The standard InChI is InChI=1S/C11H14N2O3S/c1-16-9-4-7-17-10(9)11(14)13-5-2-8(12-15)3-6-13/h4,7,15H,2-3,5-6H2,1H3. The lowest BCUT2D eigenvalue weighted by molar-refractivity contribution is 0.0755. The van der Waals surface area contributed by atoms with Gasteiger partial charge in [0.05, 0.1) is 12.8 Å². The largest absolute Gasteiger partial charge is 0.495 e. The van der Waals surface area contributed by atoms with E-state index >= 15 is 0 Å². The Hall–Kier alpha value is -1.56. The van der Waals surface area contributed by atoms with Gasteiger partial charge in [0.1, 0.15) is 10.6 Å². The third-order valence-corrected chi connectivity index (χ3v) is 3.70. The average Bonchev–Trinajstić information content (AvgIpc) is 2.86. The second-order valence-electron chi connectivity index (χ2n) is 3.78. The molecular weight excluding hydrogens is 240 g/mol. The van der Waals surface area contributed by atoms with Gasteiger partial charge in [-0.3, -0.25) is 4.79 Å². The smallest absolute Gasteiger partial charge is 0.267 e. The lowest BCUT2D eigenvalue weighted by atomic mass is 10.1. The minimum atomic E-state index is -0.00570. The molecule has 1 N–H and O–H groups in total. The lowest BCUT2D eigenvalue weighted by Crippen LogP contribution is -2.38. The summed E-state index contributed by atoms with van der Waals surface area (Å²) < 4.78 is 5.14. The monoisotopic (exact) mass is 254 g/mol. The Morgan fingerprint density at radius 2 is 2.24 bits per heavy atom. The van der Waals surface area contributed by atoms with Crippen LogP contribution in [-0.2, 0) is 0 Å². The minimum absolute atomic E-state index is 0.00570. The van der Waals surface area contributed by atoms with Gasteiger partial charge in [0.15, 0.2) is 0 Å². The first-order valence-electron chi connectivity index (χ1n) is 5.37. The Morgan fingerprint density at radius 3 is 2.82 bits per heavy atom. The van der Waals surface area contributed by atoms with Gasteiger partial charge in [-0.2, -0.15) is 0 Å². The molecule has 0 aliphatic carbocycles. The Balaban J connectivity index is 2.07. The molecule has 17 heavy (non-hydrogen) atoms. The van der Waals surface area contributed by atoms with E-state index in [0.717, 1.165) is 5.71 Å². The van der Waals surface area contributed by atoms with Gasteiger partial charge in [-0.1, -0.05) is 5.16 Å². The first kappa shape index (κ1) is 11.9. The van der Waals surface area contributed by atoms with Crippen molar-refractivity contribution in [3.8, 4) is 5.75 Å². The Labute approximate surface area is 103 Å². The van der Waals surface area contributed by atoms with Crippen molar-refractivity contribution in [1.82, 2.24) is 4.90 Å². The van der Waals surface area contributed by atoms with Crippen LogP contribution in [0, 0.1) is 0 Å². The summed E-state index contributed by atoms with van der Waals surface area (Å²) in [5, 5.41) is 13.7. The van der Waals surface area contributed by atoms with Crippen LogP contribution in [0.5, 0.6) is 5.75 Å². The number of nitrogens with zero attached hydrogens (tertiary/aromatic N) is 2. The average molecular weight is 254 g/mol. The van der Waals surface area contributed by atoms with Crippen LogP contribution in [0.25, 0.3) is 0 Å². The second-order valence-corrected chi connectivity index (χ2v) is 4.69. The second kappa shape index (κ2) is 5.18. The van der Waals surface area contributed by atoms with Crippen molar-refractivity contribution in [1.29, 1.82) is 0 Å². The van der Waals surface area contributed by atoms with Gasteiger partial charge >= 0.3 is 0 Å². The van der Waals surface area contributed by atoms with Crippen LogP contribution in [0.3, 0.4) is 0 Å². The van der Waals surface area contributed by atoms with Crippen molar-refractivity contribution in [3.63, 3.8) is 0 Å². The van der Waals surface area contributed by atoms with Crippen LogP contribution in [0.15, 0.2) is 16.6 Å². The molecule has 0 spiro atoms. The number of methoxy groups -OCH3 is 1. The molecule has 92 valence electrons. The number of amides is 1. The fourth-order valence-corrected chi connectivity index (χ4v) is 2.65. The highest BCUT2D eigenvalue weighted by Gasteiger charge is 2.24. The van der Waals surface area contributed by atoms with E-state index in [4.69, 9.17) is 9.94 Å². The number of thiophene rings is 1. The molecule has 0 aromatic carbocycles. The minimum Gasteiger partial charge on any atom is -0.495 e. The van der Waals surface area contributed by atoms with E-state index in [1.165, 1.54) is 11.3 Å². The van der Waals surface area contributed by atoms with Crippen LogP contribution in [0.2, 0.25) is 0 Å². The number of hydrogen-bond acceptors (Lipinski definition) is 5. The topological polar surface area (TPSA) is 62.1 Å². The summed E-state index contributed by atoms with van der Waals surface area (Å²) in [5.41, 5.74) is 0.757. The van der Waals surface area contributed by atoms with Crippen LogP contribution in [0.1, 0.15) is 22.5 Å². The van der Waals surface area contributed by atoms with E-state index in [-0.39, 0.29) is 5.91 Å². The van der Waals surface area contributed by atoms with Crippen LogP contribution >= 0.6 is 11.3 Å². The van der Waals surface area contributed by atoms with Crippen molar-refractivity contribution in [2.45, 2.75) is 12.8 Å². The highest BCUT2D eigenvalue weighted by molar-refractivity contribution is 7.12. The summed E-state index contributed by atoms with van der Waals surface area (Å²) in [5.74, 6) is 0.621. The molecular formula is C11H14N2O3S. The van der Waals surface area contributed by atoms with Crippen molar-refractivity contribution >= 4 is 23.0 Å². The molecule has 1 aliphatic heterocycles. The predicted molar refractivity (Wildman–Crippen MR) is 65.2 cm³/mol. The highest BCUT2D eigenvalue weighted by atomic mass is 32.1. The summed E-state index contributed by atoms with van der Waals surface area (Å²) >= 11 is 1.39. The zero-order valence-electron chi connectivity index (χ0n) is 9.55. The van der Waals surface area contributed by atoms with E-state index in [0.29, 0.717) is 36.6 Å². The number of likely N-dealkylation sites (tertiary alicyclic amines) is 1. The Morgan fingerprint density at radius 1 is 1.53 bits per heavy atom. The van der Waals surface area contributed by atoms with E-state index in [1.54, 1.807) is 18.1 Å². The maximum Gasteiger partial charge on any atom is 0.267 e. The number of piperidine rings is 1. The summed E-state index contributed by atoms with van der Waals surface area (Å²) in [6.45, 7) is 1.19. The lowest BCUT2D eigenvalue weighted by Gasteiger charge is -2.26. The van der Waals surface area contributed by atoms with E-state index in [1.807, 2.05) is 5.38 Å². The molecule has 1 aliphatic rings. The van der Waals surface area contributed by atoms with Gasteiger partial charge in [-0.15, -0.1) is 11.3 Å². The summed E-state index contributed by atoms with van der Waals surface area (Å²) in [6, 6.07) is 1.79. The highest BCUT2D eigenvalue weighted by Crippen LogP contribution is 2.26. The molecule has 0 saturated carbocycles. The number of carbonyl (C=O) groups excluding carboxylic acids is 1. The third-order valence-electron chi connectivity index (χ3n) is 2.81. The van der Waals surface area contributed by atoms with Crippen molar-refractivity contribution < 1.29 is 14.7 Å². The maximum absolute atomic E-state index is 12.2. The van der Waals surface area contributed by atoms with Gasteiger partial charge in [0, 0.05) is 25.9 Å². The molecule has 1 aromatic heterocycles. The molecule has 0 unspecified atom stereocenters. The van der Waals surface area contributed by atoms with Crippen LogP contribution in [-0.4, -0.2) is 41.9 Å². The zero-order chi connectivity index (χ0) is 12.3. The quantitative estimate of drug-likeness (QED) is 0.647. The SMILES string of the molecule is COc1ccsc1C(=O)N1CCC(=NO)CC1. The molecule has 2 heterocycles. The first-order chi connectivity index (χ1) is 8.26. The molecule has 1 saturated heterocycles. The third kappa shape index (κ3) is 2.41. The van der Waals surface area contributed by atoms with Crippen molar-refractivity contribution in [2.24, 2.45) is 5.16 Å². The van der Waals surface area contributed by atoms with Crippen molar-refractivity contribution in [3.05, 3.63) is 16.3 Å². The normalized spacial score (nSPS) is 15.8. The van der Waals surface area contributed by atoms with E-state index in [2.05, 4.69) is 5.16 Å². The first-order valence-corrected chi connectivity index (χ1v) is 6.24. The fraction of sp³-hybridized carbons (Fsp3) is 0.455. The molecule has 1 fully saturated rings. The molecule has 2 rings (SSSR count). The van der Waals surface area contributed by atoms with Crippen LogP contribution < -0.4 is 4.74 Å². The number of rotatable bonds is 2. The Kier molecular flexibility index (Phi) is 3.63. The number of hydrogen-bond donors (Lipinski definition) is 1. The zero-order valence-corrected chi connectivity index (χ0v) is 10.4. The molecule has 0 radical (unpaired) electrons. The van der Waals surface area contributed by atoms with Crippen LogP contribution in [0.4, 0.5) is 0 Å². The number of carbonyl (C=O) groups is 1. The van der Waals surface area contributed by atoms with Crippen molar-refractivity contribution in [2.75, 3.05) is 20.2 Å². The van der Waals surface area contributed by atoms with E-state index in [9.17, 15) is 4.79 Å². The van der Waals surface area contributed by atoms with Gasteiger partial charge in [0.2, 0.25) is 0 Å². The van der Waals surface area contributed by atoms with Gasteiger partial charge in [-0.05, 0) is 11.4 Å². The molecule has 0 atom stereocenters. The molecule has 5 nitrogen and oxygen atoms in total. The van der Waals surface area contributed by atoms with Gasteiger partial charge < -0.3 is 14.8 Å².